The minimum Gasteiger partial charge on any atom is -0.395 e. The van der Waals surface area contributed by atoms with Gasteiger partial charge in [0.2, 0.25) is 0 Å². The quantitative estimate of drug-likeness (QED) is 0.527. The molecule has 0 bridgehead atoms. The van der Waals surface area contributed by atoms with E-state index in [0.717, 1.165) is 19.4 Å². The van der Waals surface area contributed by atoms with Crippen molar-refractivity contribution in [2.45, 2.75) is 18.9 Å². The van der Waals surface area contributed by atoms with Crippen LogP contribution in [0.4, 0.5) is 0 Å². The Labute approximate surface area is 60.7 Å². The lowest BCUT2D eigenvalue weighted by Gasteiger charge is -2.21. The minimum absolute atomic E-state index is 0.205. The topological polar surface area (TPSA) is 44.7 Å². The molecule has 1 atom stereocenters. The highest BCUT2D eigenvalue weighted by Gasteiger charge is 2.22. The maximum Gasteiger partial charge on any atom is 0.0601 e. The first-order valence-electron chi connectivity index (χ1n) is 3.54. The maximum absolute atomic E-state index is 8.83. The highest BCUT2D eigenvalue weighted by molar-refractivity contribution is 4.73. The number of nitrogens with zero attached hydrogens (tertiary/aromatic N) is 1. The highest BCUT2D eigenvalue weighted by atomic mass is 16.7. The molecule has 0 spiro atoms. The van der Waals surface area contributed by atoms with E-state index in [2.05, 4.69) is 5.59 Å². The largest absolute Gasteiger partial charge is 0.395 e. The SMILES string of the molecule is CONN1CCCC1CO. The molecule has 1 fully saturated rings. The molecule has 1 aliphatic rings. The van der Waals surface area contributed by atoms with Gasteiger partial charge in [-0.2, -0.15) is 0 Å². The third kappa shape index (κ3) is 1.67. The molecule has 1 unspecified atom stereocenters. The predicted octanol–water partition coefficient (Wildman–Crippen LogP) is -0.491. The van der Waals surface area contributed by atoms with Crippen LogP contribution in [-0.2, 0) is 4.84 Å². The molecule has 10 heavy (non-hydrogen) atoms. The van der Waals surface area contributed by atoms with Crippen LogP contribution < -0.4 is 5.59 Å². The molecule has 0 aliphatic carbocycles. The monoisotopic (exact) mass is 146 g/mol. The summed E-state index contributed by atoms with van der Waals surface area (Å²) < 4.78 is 0. The number of aliphatic hydroxyl groups is 1. The van der Waals surface area contributed by atoms with E-state index in [1.54, 1.807) is 7.11 Å². The summed E-state index contributed by atoms with van der Waals surface area (Å²) in [5.41, 5.74) is 2.72. The lowest BCUT2D eigenvalue weighted by molar-refractivity contribution is -0.0715. The zero-order valence-corrected chi connectivity index (χ0v) is 6.21. The second-order valence-corrected chi connectivity index (χ2v) is 2.47. The highest BCUT2D eigenvalue weighted by Crippen LogP contribution is 2.13. The Hall–Kier alpha value is -0.160. The van der Waals surface area contributed by atoms with Gasteiger partial charge in [0, 0.05) is 12.6 Å². The second-order valence-electron chi connectivity index (χ2n) is 2.47. The molecule has 0 aromatic carbocycles. The van der Waals surface area contributed by atoms with Gasteiger partial charge in [-0.1, -0.05) is 0 Å². The normalized spacial score (nSPS) is 27.6. The van der Waals surface area contributed by atoms with Crippen molar-refractivity contribution in [1.82, 2.24) is 10.6 Å². The summed E-state index contributed by atoms with van der Waals surface area (Å²) in [5.74, 6) is 0. The van der Waals surface area contributed by atoms with E-state index in [9.17, 15) is 0 Å². The van der Waals surface area contributed by atoms with E-state index < -0.39 is 0 Å². The van der Waals surface area contributed by atoms with Crippen molar-refractivity contribution in [2.24, 2.45) is 0 Å². The lowest BCUT2D eigenvalue weighted by atomic mass is 10.2. The van der Waals surface area contributed by atoms with Crippen molar-refractivity contribution in [3.8, 4) is 0 Å². The number of nitrogens with one attached hydrogen (secondary N) is 1. The molecule has 0 aromatic heterocycles. The number of rotatable bonds is 3. The Morgan fingerprint density at radius 1 is 1.80 bits per heavy atom. The summed E-state index contributed by atoms with van der Waals surface area (Å²) in [5, 5.41) is 10.7. The molecule has 0 saturated carbocycles. The summed E-state index contributed by atoms with van der Waals surface area (Å²) in [6, 6.07) is 0.236. The van der Waals surface area contributed by atoms with Crippen molar-refractivity contribution >= 4 is 0 Å². The van der Waals surface area contributed by atoms with Crippen LogP contribution >= 0.6 is 0 Å². The van der Waals surface area contributed by atoms with Crippen molar-refractivity contribution < 1.29 is 9.94 Å². The minimum atomic E-state index is 0.205. The average Bonchev–Trinajstić information content (AvgIpc) is 2.36. The van der Waals surface area contributed by atoms with E-state index >= 15 is 0 Å². The van der Waals surface area contributed by atoms with Crippen molar-refractivity contribution in [3.63, 3.8) is 0 Å². The molecule has 2 N–H and O–H groups in total. The van der Waals surface area contributed by atoms with E-state index in [4.69, 9.17) is 9.94 Å². The number of hydrogen-bond donors (Lipinski definition) is 2. The molecule has 4 nitrogen and oxygen atoms in total. The predicted molar refractivity (Wildman–Crippen MR) is 37.0 cm³/mol. The molecule has 0 amide bonds. The number of hydrazine groups is 1. The Bertz CT molecular complexity index is 99.7. The summed E-state index contributed by atoms with van der Waals surface area (Å²) in [7, 11) is 1.58. The van der Waals surface area contributed by atoms with Gasteiger partial charge in [-0.05, 0) is 12.8 Å². The van der Waals surface area contributed by atoms with Gasteiger partial charge in [-0.25, -0.2) is 5.01 Å². The van der Waals surface area contributed by atoms with E-state index in [0.29, 0.717) is 0 Å². The first-order chi connectivity index (χ1) is 4.88. The van der Waals surface area contributed by atoms with Crippen molar-refractivity contribution in [3.05, 3.63) is 0 Å². The molecular weight excluding hydrogens is 132 g/mol. The Morgan fingerprint density at radius 3 is 3.20 bits per heavy atom. The van der Waals surface area contributed by atoms with E-state index in [-0.39, 0.29) is 12.6 Å². The number of aliphatic hydroxyl groups excluding tert-OH is 1. The maximum atomic E-state index is 8.83. The van der Waals surface area contributed by atoms with Gasteiger partial charge in [0.25, 0.3) is 0 Å². The smallest absolute Gasteiger partial charge is 0.0601 e. The van der Waals surface area contributed by atoms with Gasteiger partial charge >= 0.3 is 0 Å². The molecule has 60 valence electrons. The lowest BCUT2D eigenvalue weighted by Crippen LogP contribution is -2.42. The third-order valence-corrected chi connectivity index (χ3v) is 1.80. The Kier molecular flexibility index (Phi) is 3.08. The summed E-state index contributed by atoms with van der Waals surface area (Å²) >= 11 is 0. The Morgan fingerprint density at radius 2 is 2.60 bits per heavy atom. The second kappa shape index (κ2) is 3.88. The zero-order chi connectivity index (χ0) is 7.40. The zero-order valence-electron chi connectivity index (χ0n) is 6.21. The molecule has 1 saturated heterocycles. The van der Waals surface area contributed by atoms with Crippen LogP contribution in [0.3, 0.4) is 0 Å². The van der Waals surface area contributed by atoms with Crippen LogP contribution in [-0.4, -0.2) is 36.4 Å². The fourth-order valence-electron chi connectivity index (χ4n) is 1.26. The molecule has 1 heterocycles. The van der Waals surface area contributed by atoms with Crippen LogP contribution in [0.5, 0.6) is 0 Å². The van der Waals surface area contributed by atoms with Gasteiger partial charge in [-0.3, -0.25) is 4.84 Å². The molecule has 0 aromatic rings. The van der Waals surface area contributed by atoms with Gasteiger partial charge in [-0.15, -0.1) is 5.59 Å². The molecule has 1 rings (SSSR count). The van der Waals surface area contributed by atoms with Crippen LogP contribution in [0, 0.1) is 0 Å². The van der Waals surface area contributed by atoms with Crippen LogP contribution in [0.2, 0.25) is 0 Å². The first kappa shape index (κ1) is 7.94. The van der Waals surface area contributed by atoms with Crippen molar-refractivity contribution in [1.29, 1.82) is 0 Å². The molecule has 1 aliphatic heterocycles. The van der Waals surface area contributed by atoms with Gasteiger partial charge in [0.15, 0.2) is 0 Å². The van der Waals surface area contributed by atoms with Gasteiger partial charge < -0.3 is 5.11 Å². The summed E-state index contributed by atoms with van der Waals surface area (Å²) in [4.78, 5) is 4.72. The summed E-state index contributed by atoms with van der Waals surface area (Å²) in [6.07, 6.45) is 2.18. The molecular formula is C6H14N2O2. The third-order valence-electron chi connectivity index (χ3n) is 1.80. The van der Waals surface area contributed by atoms with E-state index in [1.807, 2.05) is 5.01 Å². The first-order valence-corrected chi connectivity index (χ1v) is 3.54. The van der Waals surface area contributed by atoms with Gasteiger partial charge in [0.05, 0.1) is 13.7 Å². The van der Waals surface area contributed by atoms with E-state index in [1.165, 1.54) is 0 Å². The molecule has 4 heteroatoms. The molecule has 0 radical (unpaired) electrons. The summed E-state index contributed by atoms with van der Waals surface area (Å²) in [6.45, 7) is 1.16. The fourth-order valence-corrected chi connectivity index (χ4v) is 1.26. The average molecular weight is 146 g/mol. The van der Waals surface area contributed by atoms with Crippen LogP contribution in [0.15, 0.2) is 0 Å². The van der Waals surface area contributed by atoms with Crippen LogP contribution in [0.25, 0.3) is 0 Å². The number of hydrogen-bond acceptors (Lipinski definition) is 4. The standard InChI is InChI=1S/C6H14N2O2/c1-10-7-8-4-2-3-6(8)5-9/h6-7,9H,2-5H2,1H3. The van der Waals surface area contributed by atoms with Crippen LogP contribution in [0.1, 0.15) is 12.8 Å². The Balaban J connectivity index is 2.27. The van der Waals surface area contributed by atoms with Crippen molar-refractivity contribution in [2.75, 3.05) is 20.3 Å². The fraction of sp³-hybridized carbons (Fsp3) is 1.00. The van der Waals surface area contributed by atoms with Gasteiger partial charge in [0.1, 0.15) is 0 Å².